The predicted octanol–water partition coefficient (Wildman–Crippen LogP) is 3.69. The Morgan fingerprint density at radius 3 is 2.93 bits per heavy atom. The Kier molecular flexibility index (Phi) is 5.52. The number of aromatic nitrogens is 3. The maximum atomic E-state index is 12.7. The van der Waals surface area contributed by atoms with Crippen molar-refractivity contribution in [2.45, 2.75) is 45.7 Å². The number of thiazole rings is 1. The quantitative estimate of drug-likeness (QED) is 0.672. The van der Waals surface area contributed by atoms with Crippen LogP contribution >= 0.6 is 22.9 Å². The Bertz CT molecular complexity index is 1140. The molecular weight excluding hydrogens is 408 g/mol. The summed E-state index contributed by atoms with van der Waals surface area (Å²) in [6.45, 7) is 3.95. The van der Waals surface area contributed by atoms with Crippen molar-refractivity contribution in [2.24, 2.45) is 0 Å². The van der Waals surface area contributed by atoms with E-state index in [9.17, 15) is 9.59 Å². The molecule has 29 heavy (non-hydrogen) atoms. The number of fused-ring (bicyclic) bond motifs is 1. The highest BCUT2D eigenvalue weighted by Crippen LogP contribution is 2.32. The van der Waals surface area contributed by atoms with E-state index in [1.54, 1.807) is 13.0 Å². The van der Waals surface area contributed by atoms with Gasteiger partial charge in [-0.1, -0.05) is 29.8 Å². The van der Waals surface area contributed by atoms with Crippen LogP contribution in [0, 0.1) is 6.92 Å². The van der Waals surface area contributed by atoms with Gasteiger partial charge in [-0.25, -0.2) is 9.67 Å². The molecule has 0 radical (unpaired) electrons. The molecule has 0 saturated carbocycles. The smallest absolute Gasteiger partial charge is 0.267 e. The molecular formula is C21H21ClN4O2S. The third-order valence-corrected chi connectivity index (χ3v) is 6.67. The molecule has 1 atom stereocenters. The molecule has 1 aromatic carbocycles. The van der Waals surface area contributed by atoms with E-state index < -0.39 is 6.04 Å². The molecule has 0 aliphatic heterocycles. The fourth-order valence-corrected chi connectivity index (χ4v) is 4.78. The van der Waals surface area contributed by atoms with Gasteiger partial charge in [-0.05, 0) is 44.7 Å². The lowest BCUT2D eigenvalue weighted by Crippen LogP contribution is -2.37. The zero-order valence-electron chi connectivity index (χ0n) is 16.2. The Morgan fingerprint density at radius 2 is 2.14 bits per heavy atom. The van der Waals surface area contributed by atoms with E-state index in [0.717, 1.165) is 51.7 Å². The molecule has 1 unspecified atom stereocenters. The molecule has 4 rings (SSSR count). The highest BCUT2D eigenvalue weighted by Gasteiger charge is 2.22. The van der Waals surface area contributed by atoms with E-state index in [1.807, 2.05) is 31.2 Å². The summed E-state index contributed by atoms with van der Waals surface area (Å²) in [6, 6.07) is 8.49. The Labute approximate surface area is 177 Å². The average molecular weight is 429 g/mol. The highest BCUT2D eigenvalue weighted by molar-refractivity contribution is 7.15. The summed E-state index contributed by atoms with van der Waals surface area (Å²) in [7, 11) is 0. The summed E-state index contributed by atoms with van der Waals surface area (Å²) in [5.74, 6) is -0.246. The number of nitrogens with zero attached hydrogens (tertiary/aromatic N) is 3. The molecule has 0 saturated heterocycles. The molecule has 0 fully saturated rings. The van der Waals surface area contributed by atoms with Gasteiger partial charge >= 0.3 is 0 Å². The standard InChI is InChI=1S/C21H21ClN4O2S/c1-12-18(29-21(24-12)15-7-3-4-8-16(15)22)11-23-20(28)13(2)26-19(27)10-14-6-5-9-17(14)25-26/h3-4,7-8,10,13H,5-6,9,11H2,1-2H3,(H,23,28). The molecule has 0 spiro atoms. The monoisotopic (exact) mass is 428 g/mol. The van der Waals surface area contributed by atoms with Crippen molar-refractivity contribution in [3.05, 3.63) is 67.5 Å². The van der Waals surface area contributed by atoms with Crippen LogP contribution in [0.25, 0.3) is 10.6 Å². The largest absolute Gasteiger partial charge is 0.349 e. The van der Waals surface area contributed by atoms with E-state index in [-0.39, 0.29) is 11.5 Å². The second kappa shape index (κ2) is 8.08. The van der Waals surface area contributed by atoms with Crippen molar-refractivity contribution in [3.8, 4) is 10.6 Å². The van der Waals surface area contributed by atoms with Crippen molar-refractivity contribution < 1.29 is 4.79 Å². The van der Waals surface area contributed by atoms with Gasteiger partial charge in [0, 0.05) is 16.5 Å². The summed E-state index contributed by atoms with van der Waals surface area (Å²) in [4.78, 5) is 30.6. The summed E-state index contributed by atoms with van der Waals surface area (Å²) in [5.41, 5.74) is 3.43. The van der Waals surface area contributed by atoms with Gasteiger partial charge in [0.2, 0.25) is 5.91 Å². The van der Waals surface area contributed by atoms with E-state index in [1.165, 1.54) is 16.0 Å². The molecule has 8 heteroatoms. The summed E-state index contributed by atoms with van der Waals surface area (Å²) in [6.07, 6.45) is 2.75. The van der Waals surface area contributed by atoms with E-state index in [4.69, 9.17) is 11.6 Å². The second-order valence-corrected chi connectivity index (χ2v) is 8.64. The fraction of sp³-hybridized carbons (Fsp3) is 0.333. The summed E-state index contributed by atoms with van der Waals surface area (Å²) >= 11 is 7.77. The average Bonchev–Trinajstić information content (AvgIpc) is 3.31. The number of carbonyl (C=O) groups excluding carboxylic acids is 1. The van der Waals surface area contributed by atoms with Crippen molar-refractivity contribution in [2.75, 3.05) is 0 Å². The number of nitrogens with one attached hydrogen (secondary N) is 1. The maximum absolute atomic E-state index is 12.7. The van der Waals surface area contributed by atoms with Crippen LogP contribution in [0.3, 0.4) is 0 Å². The van der Waals surface area contributed by atoms with Gasteiger partial charge in [0.25, 0.3) is 5.56 Å². The van der Waals surface area contributed by atoms with Gasteiger partial charge in [-0.2, -0.15) is 5.10 Å². The molecule has 1 aliphatic carbocycles. The first-order valence-electron chi connectivity index (χ1n) is 9.54. The van der Waals surface area contributed by atoms with Crippen molar-refractivity contribution >= 4 is 28.8 Å². The van der Waals surface area contributed by atoms with Crippen LogP contribution in [0.4, 0.5) is 0 Å². The lowest BCUT2D eigenvalue weighted by molar-refractivity contribution is -0.124. The number of rotatable bonds is 5. The summed E-state index contributed by atoms with van der Waals surface area (Å²) < 4.78 is 1.29. The third kappa shape index (κ3) is 3.97. The first-order chi connectivity index (χ1) is 13.9. The molecule has 0 bridgehead atoms. The van der Waals surface area contributed by atoms with Crippen LogP contribution in [0.2, 0.25) is 5.02 Å². The van der Waals surface area contributed by atoms with Gasteiger partial charge in [-0.3, -0.25) is 9.59 Å². The number of amides is 1. The molecule has 3 aromatic rings. The molecule has 1 aliphatic rings. The number of aryl methyl sites for hydroxylation is 3. The Balaban J connectivity index is 1.48. The number of benzene rings is 1. The number of hydrogen-bond donors (Lipinski definition) is 1. The zero-order chi connectivity index (χ0) is 20.5. The summed E-state index contributed by atoms with van der Waals surface area (Å²) in [5, 5.41) is 8.80. The van der Waals surface area contributed by atoms with Gasteiger partial charge < -0.3 is 5.32 Å². The van der Waals surface area contributed by atoms with Gasteiger partial charge in [0.1, 0.15) is 11.0 Å². The van der Waals surface area contributed by atoms with Crippen molar-refractivity contribution in [1.29, 1.82) is 0 Å². The van der Waals surface area contributed by atoms with Crippen molar-refractivity contribution in [1.82, 2.24) is 20.1 Å². The molecule has 6 nitrogen and oxygen atoms in total. The number of carbonyl (C=O) groups is 1. The van der Waals surface area contributed by atoms with E-state index >= 15 is 0 Å². The van der Waals surface area contributed by atoms with Crippen molar-refractivity contribution in [3.63, 3.8) is 0 Å². The van der Waals surface area contributed by atoms with Crippen LogP contribution < -0.4 is 10.9 Å². The normalized spacial score (nSPS) is 13.9. The fourth-order valence-electron chi connectivity index (χ4n) is 3.46. The first-order valence-corrected chi connectivity index (χ1v) is 10.7. The molecule has 150 valence electrons. The minimum Gasteiger partial charge on any atom is -0.349 e. The predicted molar refractivity (Wildman–Crippen MR) is 114 cm³/mol. The third-order valence-electron chi connectivity index (χ3n) is 5.15. The first kappa shape index (κ1) is 19.8. The maximum Gasteiger partial charge on any atom is 0.267 e. The Hall–Kier alpha value is -2.51. The number of hydrogen-bond acceptors (Lipinski definition) is 5. The molecule has 2 heterocycles. The lowest BCUT2D eigenvalue weighted by Gasteiger charge is -2.15. The van der Waals surface area contributed by atoms with Crippen LogP contribution in [0.5, 0.6) is 0 Å². The van der Waals surface area contributed by atoms with Gasteiger partial charge in [0.15, 0.2) is 0 Å². The van der Waals surface area contributed by atoms with Crippen LogP contribution in [0.1, 0.15) is 41.2 Å². The minimum atomic E-state index is -0.676. The van der Waals surface area contributed by atoms with E-state index in [0.29, 0.717) is 11.6 Å². The van der Waals surface area contributed by atoms with Gasteiger partial charge in [0.05, 0.1) is 23.0 Å². The molecule has 1 amide bonds. The molecule has 2 aromatic heterocycles. The lowest BCUT2D eigenvalue weighted by atomic mass is 10.2. The van der Waals surface area contributed by atoms with Gasteiger partial charge in [-0.15, -0.1) is 11.3 Å². The highest BCUT2D eigenvalue weighted by atomic mass is 35.5. The molecule has 1 N–H and O–H groups in total. The minimum absolute atomic E-state index is 0.233. The number of halogens is 1. The SMILES string of the molecule is Cc1nc(-c2ccccc2Cl)sc1CNC(=O)C(C)n1nc2c(cc1=O)CCC2. The Morgan fingerprint density at radius 1 is 1.34 bits per heavy atom. The topological polar surface area (TPSA) is 76.9 Å². The zero-order valence-corrected chi connectivity index (χ0v) is 17.8. The van der Waals surface area contributed by atoms with Crippen LogP contribution in [-0.4, -0.2) is 20.7 Å². The van der Waals surface area contributed by atoms with Crippen LogP contribution in [0.15, 0.2) is 35.1 Å². The van der Waals surface area contributed by atoms with E-state index in [2.05, 4.69) is 15.4 Å². The van der Waals surface area contributed by atoms with Crippen LogP contribution in [-0.2, 0) is 24.2 Å². The second-order valence-electron chi connectivity index (χ2n) is 7.15.